The van der Waals surface area contributed by atoms with Crippen molar-refractivity contribution in [3.8, 4) is 0 Å². The topological polar surface area (TPSA) is 71.4 Å². The molecule has 2 aromatic heterocycles. The van der Waals surface area contributed by atoms with Crippen molar-refractivity contribution in [2.24, 2.45) is 7.05 Å². The van der Waals surface area contributed by atoms with Crippen LogP contribution in [0, 0.1) is 0 Å². The summed E-state index contributed by atoms with van der Waals surface area (Å²) in [5.74, 6) is 0. The summed E-state index contributed by atoms with van der Waals surface area (Å²) in [4.78, 5) is 0. The molecule has 1 unspecified atom stereocenters. The molecular formula is C9H14N6. The second kappa shape index (κ2) is 4.22. The minimum absolute atomic E-state index is 0.00921. The van der Waals surface area contributed by atoms with Gasteiger partial charge in [-0.3, -0.25) is 4.68 Å². The van der Waals surface area contributed by atoms with Crippen LogP contribution in [-0.2, 0) is 7.05 Å². The lowest BCUT2D eigenvalue weighted by Crippen LogP contribution is -2.23. The molecule has 1 atom stereocenters. The molecule has 0 aliphatic heterocycles. The zero-order valence-corrected chi connectivity index (χ0v) is 8.81. The second-order valence-corrected chi connectivity index (χ2v) is 3.30. The number of nitrogens with one attached hydrogen (secondary N) is 2. The molecular weight excluding hydrogens is 192 g/mol. The quantitative estimate of drug-likeness (QED) is 0.751. The first-order valence-electron chi connectivity index (χ1n) is 4.90. The summed E-state index contributed by atoms with van der Waals surface area (Å²) in [5.41, 5.74) is 1.81. The molecule has 6 heteroatoms. The van der Waals surface area contributed by atoms with Crippen LogP contribution >= 0.6 is 0 Å². The Hall–Kier alpha value is -1.69. The molecule has 0 aliphatic rings. The van der Waals surface area contributed by atoms with E-state index in [0.717, 1.165) is 17.9 Å². The molecule has 6 nitrogen and oxygen atoms in total. The van der Waals surface area contributed by atoms with Gasteiger partial charge in [0, 0.05) is 13.2 Å². The van der Waals surface area contributed by atoms with Gasteiger partial charge in [-0.05, 0) is 12.6 Å². The minimum Gasteiger partial charge on any atom is -0.304 e. The molecule has 0 amide bonds. The summed E-state index contributed by atoms with van der Waals surface area (Å²) in [6, 6.07) is 1.98. The van der Waals surface area contributed by atoms with Crippen LogP contribution < -0.4 is 5.32 Å². The Morgan fingerprint density at radius 1 is 1.53 bits per heavy atom. The van der Waals surface area contributed by atoms with E-state index < -0.39 is 0 Å². The Morgan fingerprint density at radius 2 is 2.40 bits per heavy atom. The van der Waals surface area contributed by atoms with Gasteiger partial charge in [-0.2, -0.15) is 20.5 Å². The van der Waals surface area contributed by atoms with E-state index >= 15 is 0 Å². The monoisotopic (exact) mass is 206 g/mol. The van der Waals surface area contributed by atoms with E-state index in [-0.39, 0.29) is 6.04 Å². The lowest BCUT2D eigenvalue weighted by molar-refractivity contribution is 0.586. The van der Waals surface area contributed by atoms with Crippen LogP contribution in [0.1, 0.15) is 24.4 Å². The van der Waals surface area contributed by atoms with Crippen LogP contribution in [-0.4, -0.2) is 31.7 Å². The summed E-state index contributed by atoms with van der Waals surface area (Å²) < 4.78 is 1.78. The molecule has 0 aliphatic carbocycles. The largest absolute Gasteiger partial charge is 0.304 e. The number of aromatic amines is 1. The van der Waals surface area contributed by atoms with Crippen LogP contribution in [0.3, 0.4) is 0 Å². The van der Waals surface area contributed by atoms with E-state index in [4.69, 9.17) is 0 Å². The Balaban J connectivity index is 2.27. The molecule has 2 rings (SSSR count). The van der Waals surface area contributed by atoms with Gasteiger partial charge in [-0.15, -0.1) is 0 Å². The van der Waals surface area contributed by atoms with Gasteiger partial charge < -0.3 is 5.32 Å². The van der Waals surface area contributed by atoms with E-state index in [0.29, 0.717) is 0 Å². The van der Waals surface area contributed by atoms with Crippen LogP contribution in [0.2, 0.25) is 0 Å². The SMILES string of the molecule is CCNC(c1cn[nH]n1)c1ccn(C)n1. The van der Waals surface area contributed by atoms with Crippen LogP contribution in [0.4, 0.5) is 0 Å². The first-order valence-corrected chi connectivity index (χ1v) is 4.90. The van der Waals surface area contributed by atoms with Gasteiger partial charge in [0.15, 0.2) is 0 Å². The third kappa shape index (κ3) is 2.04. The maximum absolute atomic E-state index is 4.36. The molecule has 0 saturated carbocycles. The summed E-state index contributed by atoms with van der Waals surface area (Å²) in [7, 11) is 1.90. The van der Waals surface area contributed by atoms with Gasteiger partial charge in [0.05, 0.1) is 17.9 Å². The van der Waals surface area contributed by atoms with Crippen molar-refractivity contribution in [2.45, 2.75) is 13.0 Å². The fraction of sp³-hybridized carbons (Fsp3) is 0.444. The molecule has 0 fully saturated rings. The van der Waals surface area contributed by atoms with Gasteiger partial charge in [-0.1, -0.05) is 6.92 Å². The molecule has 0 spiro atoms. The molecule has 15 heavy (non-hydrogen) atoms. The highest BCUT2D eigenvalue weighted by Gasteiger charge is 2.17. The van der Waals surface area contributed by atoms with Crippen molar-refractivity contribution < 1.29 is 0 Å². The zero-order valence-electron chi connectivity index (χ0n) is 8.81. The highest BCUT2D eigenvalue weighted by atomic mass is 15.3. The minimum atomic E-state index is 0.00921. The molecule has 80 valence electrons. The molecule has 2 N–H and O–H groups in total. The average Bonchev–Trinajstić information content (AvgIpc) is 2.85. The van der Waals surface area contributed by atoms with E-state index in [2.05, 4.69) is 32.7 Å². The van der Waals surface area contributed by atoms with Crippen LogP contribution in [0.15, 0.2) is 18.5 Å². The van der Waals surface area contributed by atoms with Gasteiger partial charge in [0.2, 0.25) is 0 Å². The number of hydrogen-bond acceptors (Lipinski definition) is 4. The molecule has 0 radical (unpaired) electrons. The van der Waals surface area contributed by atoms with E-state index in [1.165, 1.54) is 0 Å². The van der Waals surface area contributed by atoms with Crippen molar-refractivity contribution in [1.29, 1.82) is 0 Å². The number of hydrogen-bond donors (Lipinski definition) is 2. The normalized spacial score (nSPS) is 12.9. The fourth-order valence-electron chi connectivity index (χ4n) is 1.50. The summed E-state index contributed by atoms with van der Waals surface area (Å²) in [5, 5.41) is 18.2. The standard InChI is InChI=1S/C9H14N6/c1-3-10-9(8-6-11-14-12-8)7-4-5-15(2)13-7/h4-6,9-10H,3H2,1-2H3,(H,11,12,14). The number of aromatic nitrogens is 5. The Kier molecular flexibility index (Phi) is 2.77. The third-order valence-corrected chi connectivity index (χ3v) is 2.17. The number of aryl methyl sites for hydroxylation is 1. The molecule has 0 saturated heterocycles. The van der Waals surface area contributed by atoms with Crippen molar-refractivity contribution in [3.63, 3.8) is 0 Å². The number of rotatable bonds is 4. The molecule has 0 bridgehead atoms. The summed E-state index contributed by atoms with van der Waals surface area (Å²) in [6.07, 6.45) is 3.63. The lowest BCUT2D eigenvalue weighted by Gasteiger charge is -2.11. The highest BCUT2D eigenvalue weighted by Crippen LogP contribution is 2.16. The number of nitrogens with zero attached hydrogens (tertiary/aromatic N) is 4. The first kappa shape index (κ1) is 9.85. The Bertz CT molecular complexity index is 404. The second-order valence-electron chi connectivity index (χ2n) is 3.30. The van der Waals surface area contributed by atoms with Gasteiger partial charge in [-0.25, -0.2) is 0 Å². The fourth-order valence-corrected chi connectivity index (χ4v) is 1.50. The maximum atomic E-state index is 4.36. The maximum Gasteiger partial charge on any atom is 0.106 e. The molecule has 2 aromatic rings. The number of H-pyrrole nitrogens is 1. The van der Waals surface area contributed by atoms with Crippen molar-refractivity contribution >= 4 is 0 Å². The van der Waals surface area contributed by atoms with Gasteiger partial charge >= 0.3 is 0 Å². The highest BCUT2D eigenvalue weighted by molar-refractivity contribution is 5.17. The molecule has 0 aromatic carbocycles. The smallest absolute Gasteiger partial charge is 0.106 e. The summed E-state index contributed by atoms with van der Waals surface area (Å²) >= 11 is 0. The van der Waals surface area contributed by atoms with Crippen molar-refractivity contribution in [2.75, 3.05) is 6.54 Å². The van der Waals surface area contributed by atoms with Crippen LogP contribution in [0.25, 0.3) is 0 Å². The van der Waals surface area contributed by atoms with Gasteiger partial charge in [0.25, 0.3) is 0 Å². The Morgan fingerprint density at radius 3 is 2.93 bits per heavy atom. The van der Waals surface area contributed by atoms with Crippen LogP contribution in [0.5, 0.6) is 0 Å². The lowest BCUT2D eigenvalue weighted by atomic mass is 10.1. The summed E-state index contributed by atoms with van der Waals surface area (Å²) in [6.45, 7) is 2.91. The predicted octanol–water partition coefficient (Wildman–Crippen LogP) is 0.237. The van der Waals surface area contributed by atoms with Gasteiger partial charge in [0.1, 0.15) is 5.69 Å². The molecule has 2 heterocycles. The zero-order chi connectivity index (χ0) is 10.7. The predicted molar refractivity (Wildman–Crippen MR) is 55.1 cm³/mol. The average molecular weight is 206 g/mol. The van der Waals surface area contributed by atoms with Crippen molar-refractivity contribution in [3.05, 3.63) is 29.8 Å². The third-order valence-electron chi connectivity index (χ3n) is 2.17. The first-order chi connectivity index (χ1) is 7.31. The Labute approximate surface area is 87.7 Å². The van der Waals surface area contributed by atoms with E-state index in [9.17, 15) is 0 Å². The van der Waals surface area contributed by atoms with Crippen molar-refractivity contribution in [1.82, 2.24) is 30.5 Å². The van der Waals surface area contributed by atoms with E-state index in [1.54, 1.807) is 10.9 Å². The van der Waals surface area contributed by atoms with E-state index in [1.807, 2.05) is 19.3 Å².